The molecule has 4 heteroatoms. The van der Waals surface area contributed by atoms with E-state index in [4.69, 9.17) is 10.5 Å². The first-order valence-corrected chi connectivity index (χ1v) is 7.87. The minimum Gasteiger partial charge on any atom is -0.377 e. The van der Waals surface area contributed by atoms with Crippen molar-refractivity contribution in [3.63, 3.8) is 0 Å². The Labute approximate surface area is 127 Å². The lowest BCUT2D eigenvalue weighted by Gasteiger charge is -2.29. The van der Waals surface area contributed by atoms with Crippen LogP contribution in [0, 0.1) is 5.92 Å². The number of ether oxygens (including phenoxy) is 1. The Morgan fingerprint density at radius 2 is 2.05 bits per heavy atom. The number of hydrogen-bond acceptors (Lipinski definition) is 3. The Morgan fingerprint density at radius 1 is 1.33 bits per heavy atom. The maximum atomic E-state index is 11.6. The van der Waals surface area contributed by atoms with E-state index in [1.54, 1.807) is 0 Å². The molecule has 1 amide bonds. The van der Waals surface area contributed by atoms with E-state index in [0.29, 0.717) is 25.2 Å². The van der Waals surface area contributed by atoms with E-state index in [9.17, 15) is 4.79 Å². The monoisotopic (exact) mass is 290 g/mol. The van der Waals surface area contributed by atoms with Gasteiger partial charge in [0.15, 0.2) is 0 Å². The third-order valence-electron chi connectivity index (χ3n) is 4.23. The molecule has 1 aromatic rings. The van der Waals surface area contributed by atoms with E-state index in [-0.39, 0.29) is 5.91 Å². The number of nitrogens with two attached hydrogens (primary N) is 1. The van der Waals surface area contributed by atoms with Gasteiger partial charge in [0, 0.05) is 6.54 Å². The van der Waals surface area contributed by atoms with E-state index >= 15 is 0 Å². The van der Waals surface area contributed by atoms with Gasteiger partial charge in [-0.1, -0.05) is 50.1 Å². The SMILES string of the molecule is C[C@@H]1CCCC[C@@H]1OCCN[C@H](C(N)=O)c1ccccc1. The summed E-state index contributed by atoms with van der Waals surface area (Å²) in [4.78, 5) is 11.6. The van der Waals surface area contributed by atoms with Crippen LogP contribution in [-0.4, -0.2) is 25.2 Å². The highest BCUT2D eigenvalue weighted by Gasteiger charge is 2.22. The molecule has 116 valence electrons. The molecule has 21 heavy (non-hydrogen) atoms. The normalized spacial score (nSPS) is 23.7. The van der Waals surface area contributed by atoms with Gasteiger partial charge in [0.2, 0.25) is 5.91 Å². The number of hydrogen-bond donors (Lipinski definition) is 2. The van der Waals surface area contributed by atoms with Crippen LogP contribution < -0.4 is 11.1 Å². The molecule has 3 atom stereocenters. The molecule has 0 aliphatic heterocycles. The van der Waals surface area contributed by atoms with Crippen LogP contribution in [0.1, 0.15) is 44.2 Å². The van der Waals surface area contributed by atoms with Crippen molar-refractivity contribution in [1.82, 2.24) is 5.32 Å². The molecule has 0 aromatic heterocycles. The molecule has 2 rings (SSSR count). The van der Waals surface area contributed by atoms with E-state index < -0.39 is 6.04 Å². The predicted molar refractivity (Wildman–Crippen MR) is 83.8 cm³/mol. The maximum absolute atomic E-state index is 11.6. The van der Waals surface area contributed by atoms with Crippen molar-refractivity contribution >= 4 is 5.91 Å². The standard InChI is InChI=1S/C17H26N2O2/c1-13-7-5-6-10-15(13)21-12-11-19-16(17(18)20)14-8-3-2-4-9-14/h2-4,8-9,13,15-16,19H,5-7,10-12H2,1H3,(H2,18,20)/t13-,15+,16+/m1/s1. The van der Waals surface area contributed by atoms with Gasteiger partial charge < -0.3 is 10.5 Å². The van der Waals surface area contributed by atoms with Crippen molar-refractivity contribution in [1.29, 1.82) is 0 Å². The zero-order chi connectivity index (χ0) is 15.1. The second kappa shape index (κ2) is 8.15. The topological polar surface area (TPSA) is 64.3 Å². The van der Waals surface area contributed by atoms with E-state index in [2.05, 4.69) is 12.2 Å². The van der Waals surface area contributed by atoms with Crippen molar-refractivity contribution < 1.29 is 9.53 Å². The molecule has 0 unspecified atom stereocenters. The molecule has 0 saturated heterocycles. The Balaban J connectivity index is 1.76. The number of carbonyl (C=O) groups is 1. The second-order valence-corrected chi connectivity index (χ2v) is 5.87. The summed E-state index contributed by atoms with van der Waals surface area (Å²) >= 11 is 0. The minimum absolute atomic E-state index is 0.354. The van der Waals surface area contributed by atoms with Crippen molar-refractivity contribution in [3.05, 3.63) is 35.9 Å². The average molecular weight is 290 g/mol. The van der Waals surface area contributed by atoms with Crippen LogP contribution in [0.4, 0.5) is 0 Å². The Hall–Kier alpha value is -1.39. The number of amides is 1. The first kappa shape index (κ1) is 16.0. The first-order chi connectivity index (χ1) is 10.2. The lowest BCUT2D eigenvalue weighted by molar-refractivity contribution is -0.120. The van der Waals surface area contributed by atoms with Gasteiger partial charge in [0.25, 0.3) is 0 Å². The summed E-state index contributed by atoms with van der Waals surface area (Å²) in [5, 5.41) is 3.19. The maximum Gasteiger partial charge on any atom is 0.239 e. The highest BCUT2D eigenvalue weighted by molar-refractivity contribution is 5.81. The smallest absolute Gasteiger partial charge is 0.239 e. The molecule has 1 saturated carbocycles. The van der Waals surface area contributed by atoms with Crippen LogP contribution in [-0.2, 0) is 9.53 Å². The van der Waals surface area contributed by atoms with E-state index in [0.717, 1.165) is 12.0 Å². The van der Waals surface area contributed by atoms with Gasteiger partial charge in [-0.25, -0.2) is 0 Å². The fraction of sp³-hybridized carbons (Fsp3) is 0.588. The minimum atomic E-state index is -0.446. The molecule has 1 aliphatic rings. The van der Waals surface area contributed by atoms with Gasteiger partial charge in [0.1, 0.15) is 6.04 Å². The lowest BCUT2D eigenvalue weighted by Crippen LogP contribution is -2.36. The number of carbonyl (C=O) groups excluding carboxylic acids is 1. The number of primary amides is 1. The lowest BCUT2D eigenvalue weighted by atomic mass is 9.88. The van der Waals surface area contributed by atoms with Crippen molar-refractivity contribution in [3.8, 4) is 0 Å². The Morgan fingerprint density at radius 3 is 2.71 bits per heavy atom. The van der Waals surface area contributed by atoms with Crippen LogP contribution in [0.5, 0.6) is 0 Å². The van der Waals surface area contributed by atoms with Crippen LogP contribution in [0.25, 0.3) is 0 Å². The van der Waals surface area contributed by atoms with Gasteiger partial charge in [-0.3, -0.25) is 10.1 Å². The number of benzene rings is 1. The Kier molecular flexibility index (Phi) is 6.21. The average Bonchev–Trinajstić information content (AvgIpc) is 2.49. The van der Waals surface area contributed by atoms with E-state index in [1.165, 1.54) is 19.3 Å². The highest BCUT2D eigenvalue weighted by atomic mass is 16.5. The van der Waals surface area contributed by atoms with Crippen molar-refractivity contribution in [2.45, 2.75) is 44.8 Å². The summed E-state index contributed by atoms with van der Waals surface area (Å²) in [6.45, 7) is 3.50. The van der Waals surface area contributed by atoms with Gasteiger partial charge in [-0.2, -0.15) is 0 Å². The quantitative estimate of drug-likeness (QED) is 0.758. The van der Waals surface area contributed by atoms with Gasteiger partial charge >= 0.3 is 0 Å². The van der Waals surface area contributed by atoms with Crippen LogP contribution in [0.3, 0.4) is 0 Å². The third-order valence-corrected chi connectivity index (χ3v) is 4.23. The molecule has 0 bridgehead atoms. The molecule has 0 radical (unpaired) electrons. The molecule has 1 aliphatic carbocycles. The molecule has 1 aromatic carbocycles. The van der Waals surface area contributed by atoms with E-state index in [1.807, 2.05) is 30.3 Å². The molecule has 3 N–H and O–H groups in total. The van der Waals surface area contributed by atoms with Crippen LogP contribution in [0.2, 0.25) is 0 Å². The molecule has 1 fully saturated rings. The summed E-state index contributed by atoms with van der Waals surface area (Å²) in [7, 11) is 0. The number of nitrogens with one attached hydrogen (secondary N) is 1. The van der Waals surface area contributed by atoms with Gasteiger partial charge in [0.05, 0.1) is 12.7 Å². The highest BCUT2D eigenvalue weighted by Crippen LogP contribution is 2.26. The van der Waals surface area contributed by atoms with Crippen molar-refractivity contribution in [2.75, 3.05) is 13.2 Å². The predicted octanol–water partition coefficient (Wildman–Crippen LogP) is 2.40. The number of rotatable bonds is 7. The first-order valence-electron chi connectivity index (χ1n) is 7.87. The molecule has 4 nitrogen and oxygen atoms in total. The van der Waals surface area contributed by atoms with Crippen LogP contribution >= 0.6 is 0 Å². The summed E-state index contributed by atoms with van der Waals surface area (Å²) in [5.41, 5.74) is 6.37. The molecule has 0 spiro atoms. The molecular formula is C17H26N2O2. The summed E-state index contributed by atoms with van der Waals surface area (Å²) < 4.78 is 5.95. The van der Waals surface area contributed by atoms with Gasteiger partial charge in [-0.15, -0.1) is 0 Å². The van der Waals surface area contributed by atoms with Crippen molar-refractivity contribution in [2.24, 2.45) is 11.7 Å². The fourth-order valence-electron chi connectivity index (χ4n) is 2.97. The molecule has 0 heterocycles. The zero-order valence-corrected chi connectivity index (χ0v) is 12.8. The van der Waals surface area contributed by atoms with Gasteiger partial charge in [-0.05, 0) is 24.3 Å². The zero-order valence-electron chi connectivity index (χ0n) is 12.8. The fourth-order valence-corrected chi connectivity index (χ4v) is 2.97. The van der Waals surface area contributed by atoms with Crippen LogP contribution in [0.15, 0.2) is 30.3 Å². The largest absolute Gasteiger partial charge is 0.377 e. The second-order valence-electron chi connectivity index (χ2n) is 5.87. The summed E-state index contributed by atoms with van der Waals surface area (Å²) in [6.07, 6.45) is 5.35. The summed E-state index contributed by atoms with van der Waals surface area (Å²) in [5.74, 6) is 0.284. The summed E-state index contributed by atoms with van der Waals surface area (Å²) in [6, 6.07) is 9.12. The third kappa shape index (κ3) is 4.83. The molecular weight excluding hydrogens is 264 g/mol. The Bertz CT molecular complexity index is 436.